The van der Waals surface area contributed by atoms with Crippen molar-refractivity contribution in [3.05, 3.63) is 42.5 Å². The van der Waals surface area contributed by atoms with Crippen molar-refractivity contribution in [3.8, 4) is 0 Å². The number of rotatable bonds is 5. The van der Waals surface area contributed by atoms with E-state index in [1.165, 1.54) is 6.26 Å². The van der Waals surface area contributed by atoms with Crippen molar-refractivity contribution in [2.75, 3.05) is 24.7 Å². The summed E-state index contributed by atoms with van der Waals surface area (Å²) < 4.78 is 24.6. The Kier molecular flexibility index (Phi) is 5.06. The Labute approximate surface area is 142 Å². The molecular formula is C16H21N5O2S. The first-order valence-corrected chi connectivity index (χ1v) is 9.79. The summed E-state index contributed by atoms with van der Waals surface area (Å²) in [4.78, 5) is 13.0. The molecule has 3 rings (SSSR count). The van der Waals surface area contributed by atoms with Crippen LogP contribution in [0.5, 0.6) is 0 Å². The van der Waals surface area contributed by atoms with Crippen LogP contribution in [-0.2, 0) is 16.4 Å². The first kappa shape index (κ1) is 16.8. The zero-order chi connectivity index (χ0) is 17.0. The summed E-state index contributed by atoms with van der Waals surface area (Å²) in [6.07, 6.45) is 9.02. The summed E-state index contributed by atoms with van der Waals surface area (Å²) in [7, 11) is -3.07. The summed E-state index contributed by atoms with van der Waals surface area (Å²) in [5.41, 5.74) is 0.930. The van der Waals surface area contributed by atoms with E-state index in [4.69, 9.17) is 0 Å². The Morgan fingerprint density at radius 1 is 1.12 bits per heavy atom. The van der Waals surface area contributed by atoms with Crippen LogP contribution in [0.3, 0.4) is 0 Å². The lowest BCUT2D eigenvalue weighted by atomic mass is 9.93. The number of hydrogen-bond donors (Lipinski definition) is 1. The summed E-state index contributed by atoms with van der Waals surface area (Å²) in [5, 5.41) is 3.10. The number of anilines is 2. The fraction of sp³-hybridized carbons (Fsp3) is 0.438. The highest BCUT2D eigenvalue weighted by molar-refractivity contribution is 7.88. The minimum absolute atomic E-state index is 0.451. The molecule has 8 heteroatoms. The lowest BCUT2D eigenvalue weighted by Crippen LogP contribution is -2.38. The molecule has 1 N–H and O–H groups in total. The van der Waals surface area contributed by atoms with Crippen molar-refractivity contribution in [2.45, 2.75) is 19.3 Å². The number of aromatic nitrogens is 3. The largest absolute Gasteiger partial charge is 0.324 e. The van der Waals surface area contributed by atoms with Crippen molar-refractivity contribution in [2.24, 2.45) is 5.92 Å². The van der Waals surface area contributed by atoms with Gasteiger partial charge in [0.05, 0.1) is 24.3 Å². The van der Waals surface area contributed by atoms with E-state index < -0.39 is 10.0 Å². The second-order valence-corrected chi connectivity index (χ2v) is 8.02. The van der Waals surface area contributed by atoms with Crippen molar-refractivity contribution < 1.29 is 8.42 Å². The third-order valence-corrected chi connectivity index (χ3v) is 5.47. The highest BCUT2D eigenvalue weighted by Crippen LogP contribution is 2.22. The predicted octanol–water partition coefficient (Wildman–Crippen LogP) is 1.83. The Morgan fingerprint density at radius 3 is 2.50 bits per heavy atom. The van der Waals surface area contributed by atoms with Gasteiger partial charge < -0.3 is 5.32 Å². The number of piperidine rings is 1. The van der Waals surface area contributed by atoms with Crippen LogP contribution in [0.25, 0.3) is 0 Å². The molecule has 1 fully saturated rings. The fourth-order valence-corrected chi connectivity index (χ4v) is 3.71. The van der Waals surface area contributed by atoms with Crippen LogP contribution in [0.1, 0.15) is 18.5 Å². The van der Waals surface area contributed by atoms with E-state index in [1.807, 2.05) is 18.2 Å². The molecule has 0 spiro atoms. The number of sulfonamides is 1. The molecule has 3 heterocycles. The average Bonchev–Trinajstić information content (AvgIpc) is 2.57. The van der Waals surface area contributed by atoms with Gasteiger partial charge in [-0.2, -0.15) is 0 Å². The minimum Gasteiger partial charge on any atom is -0.324 e. The van der Waals surface area contributed by atoms with Crippen molar-refractivity contribution in [3.63, 3.8) is 0 Å². The Morgan fingerprint density at radius 2 is 1.92 bits per heavy atom. The quantitative estimate of drug-likeness (QED) is 0.888. The van der Waals surface area contributed by atoms with Gasteiger partial charge in [0.25, 0.3) is 0 Å². The first-order valence-electron chi connectivity index (χ1n) is 7.95. The van der Waals surface area contributed by atoms with Crippen molar-refractivity contribution >= 4 is 21.7 Å². The third-order valence-electron chi connectivity index (χ3n) is 4.17. The minimum atomic E-state index is -3.07. The van der Waals surface area contributed by atoms with E-state index in [1.54, 1.807) is 22.9 Å². The fourth-order valence-electron chi connectivity index (χ4n) is 2.83. The molecule has 7 nitrogen and oxygen atoms in total. The predicted molar refractivity (Wildman–Crippen MR) is 92.4 cm³/mol. The lowest BCUT2D eigenvalue weighted by Gasteiger charge is -2.29. The first-order chi connectivity index (χ1) is 11.5. The topological polar surface area (TPSA) is 88.1 Å². The molecule has 1 aliphatic rings. The van der Waals surface area contributed by atoms with Gasteiger partial charge in [0.15, 0.2) is 0 Å². The maximum atomic E-state index is 11.5. The second-order valence-electron chi connectivity index (χ2n) is 6.04. The number of hydrogen-bond acceptors (Lipinski definition) is 6. The summed E-state index contributed by atoms with van der Waals surface area (Å²) in [5.74, 6) is 1.84. The molecule has 1 aliphatic heterocycles. The van der Waals surface area contributed by atoms with Crippen LogP contribution in [0.4, 0.5) is 11.6 Å². The Hall–Kier alpha value is -2.06. The number of pyridine rings is 1. The highest BCUT2D eigenvalue weighted by Gasteiger charge is 2.25. The van der Waals surface area contributed by atoms with Gasteiger partial charge in [0.1, 0.15) is 11.6 Å². The van der Waals surface area contributed by atoms with Gasteiger partial charge in [-0.3, -0.25) is 4.98 Å². The standard InChI is InChI=1S/C16H21N5O2S/c1-24(22,23)21-8-5-13(6-9-21)10-14-11-19-16(12-18-14)20-15-4-2-3-7-17-15/h2-4,7,11-13H,5-6,8-10H2,1H3,(H,17,19,20). The molecule has 0 atom stereocenters. The summed E-state index contributed by atoms with van der Waals surface area (Å²) >= 11 is 0. The van der Waals surface area contributed by atoms with Crippen LogP contribution in [0.2, 0.25) is 0 Å². The molecule has 128 valence electrons. The number of nitrogens with zero attached hydrogens (tertiary/aromatic N) is 4. The van der Waals surface area contributed by atoms with Gasteiger partial charge in [-0.1, -0.05) is 6.07 Å². The molecule has 2 aromatic rings. The van der Waals surface area contributed by atoms with Gasteiger partial charge in [0.2, 0.25) is 10.0 Å². The maximum Gasteiger partial charge on any atom is 0.211 e. The maximum absolute atomic E-state index is 11.5. The van der Waals surface area contributed by atoms with Gasteiger partial charge in [-0.15, -0.1) is 0 Å². The molecule has 2 aromatic heterocycles. The van der Waals surface area contributed by atoms with E-state index in [2.05, 4.69) is 20.3 Å². The number of nitrogens with one attached hydrogen (secondary N) is 1. The van der Waals surface area contributed by atoms with E-state index in [9.17, 15) is 8.42 Å². The van der Waals surface area contributed by atoms with E-state index in [-0.39, 0.29) is 0 Å². The van der Waals surface area contributed by atoms with E-state index >= 15 is 0 Å². The summed E-state index contributed by atoms with van der Waals surface area (Å²) in [6, 6.07) is 5.63. The zero-order valence-corrected chi connectivity index (χ0v) is 14.4. The van der Waals surface area contributed by atoms with Crippen LogP contribution in [0.15, 0.2) is 36.8 Å². The summed E-state index contributed by atoms with van der Waals surface area (Å²) in [6.45, 7) is 1.19. The molecule has 0 amide bonds. The smallest absolute Gasteiger partial charge is 0.211 e. The molecular weight excluding hydrogens is 326 g/mol. The molecule has 0 unspecified atom stereocenters. The Bertz CT molecular complexity index is 757. The van der Waals surface area contributed by atoms with E-state index in [0.29, 0.717) is 24.8 Å². The van der Waals surface area contributed by atoms with Crippen molar-refractivity contribution in [1.82, 2.24) is 19.3 Å². The monoisotopic (exact) mass is 347 g/mol. The molecule has 0 aromatic carbocycles. The van der Waals surface area contributed by atoms with Gasteiger partial charge in [0, 0.05) is 19.3 Å². The Balaban J connectivity index is 1.54. The van der Waals surface area contributed by atoms with Crippen molar-refractivity contribution in [1.29, 1.82) is 0 Å². The zero-order valence-electron chi connectivity index (χ0n) is 13.6. The molecule has 1 saturated heterocycles. The molecule has 0 aliphatic carbocycles. The molecule has 24 heavy (non-hydrogen) atoms. The van der Waals surface area contributed by atoms with Crippen LogP contribution in [-0.4, -0.2) is 47.0 Å². The second kappa shape index (κ2) is 7.23. The highest BCUT2D eigenvalue weighted by atomic mass is 32.2. The van der Waals surface area contributed by atoms with Gasteiger partial charge in [-0.05, 0) is 37.3 Å². The van der Waals surface area contributed by atoms with Crippen LogP contribution >= 0.6 is 0 Å². The van der Waals surface area contributed by atoms with Gasteiger partial charge in [-0.25, -0.2) is 22.7 Å². The average molecular weight is 347 g/mol. The normalized spacial score (nSPS) is 16.9. The van der Waals surface area contributed by atoms with Crippen LogP contribution in [0, 0.1) is 5.92 Å². The SMILES string of the molecule is CS(=O)(=O)N1CCC(Cc2cnc(Nc3ccccn3)cn2)CC1. The van der Waals surface area contributed by atoms with Crippen LogP contribution < -0.4 is 5.32 Å². The third kappa shape index (κ3) is 4.48. The van der Waals surface area contributed by atoms with E-state index in [0.717, 1.165) is 30.8 Å². The molecule has 0 saturated carbocycles. The molecule has 0 bridgehead atoms. The lowest BCUT2D eigenvalue weighted by molar-refractivity contribution is 0.273. The van der Waals surface area contributed by atoms with Gasteiger partial charge >= 0.3 is 0 Å². The molecule has 0 radical (unpaired) electrons.